The van der Waals surface area contributed by atoms with E-state index in [0.717, 1.165) is 4.90 Å². The maximum atomic E-state index is 14.0. The maximum Gasteiger partial charge on any atom is 0.421 e. The van der Waals surface area contributed by atoms with Crippen LogP contribution in [0.3, 0.4) is 0 Å². The fourth-order valence-electron chi connectivity index (χ4n) is 4.17. The van der Waals surface area contributed by atoms with Crippen molar-refractivity contribution in [3.8, 4) is 5.75 Å². The van der Waals surface area contributed by atoms with Gasteiger partial charge in [0.1, 0.15) is 22.6 Å². The first-order valence-corrected chi connectivity index (χ1v) is 9.90. The molecule has 0 aliphatic carbocycles. The molecular weight excluding hydrogens is 420 g/mol. The van der Waals surface area contributed by atoms with E-state index in [1.807, 2.05) is 0 Å². The van der Waals surface area contributed by atoms with Crippen LogP contribution in [0.4, 0.5) is 10.5 Å². The summed E-state index contributed by atoms with van der Waals surface area (Å²) in [4.78, 5) is 53.7. The lowest BCUT2D eigenvalue weighted by Gasteiger charge is -2.34. The van der Waals surface area contributed by atoms with Gasteiger partial charge in [-0.05, 0) is 26.8 Å². The minimum Gasteiger partial charge on any atom is -0.462 e. The van der Waals surface area contributed by atoms with Crippen molar-refractivity contribution in [3.05, 3.63) is 69.1 Å². The predicted molar refractivity (Wildman–Crippen MR) is 110 cm³/mol. The third-order valence-electron chi connectivity index (χ3n) is 5.26. The summed E-state index contributed by atoms with van der Waals surface area (Å²) in [6, 6.07) is 7.62. The second-order valence-corrected chi connectivity index (χ2v) is 7.05. The fourth-order valence-corrected chi connectivity index (χ4v) is 4.17. The minimum atomic E-state index is -2.12. The van der Waals surface area contributed by atoms with Crippen LogP contribution in [0.15, 0.2) is 51.0 Å². The molecule has 1 aromatic carbocycles. The predicted octanol–water partition coefficient (Wildman–Crippen LogP) is 1.86. The second-order valence-electron chi connectivity index (χ2n) is 7.05. The summed E-state index contributed by atoms with van der Waals surface area (Å²) in [6.07, 6.45) is -0.965. The molecule has 1 atom stereocenters. The number of carbonyl (C=O) groups excluding carboxylic acids is 3. The molecule has 0 fully saturated rings. The Bertz CT molecular complexity index is 1240. The van der Waals surface area contributed by atoms with E-state index in [1.165, 1.54) is 25.1 Å². The van der Waals surface area contributed by atoms with E-state index in [9.17, 15) is 19.2 Å². The van der Waals surface area contributed by atoms with Crippen LogP contribution in [0.2, 0.25) is 0 Å². The largest absolute Gasteiger partial charge is 0.462 e. The molecule has 2 N–H and O–H groups in total. The van der Waals surface area contributed by atoms with E-state index in [1.54, 1.807) is 26.0 Å². The number of hydrogen-bond donors (Lipinski definition) is 1. The molecule has 0 radical (unpaired) electrons. The number of benzene rings is 1. The number of esters is 1. The smallest absolute Gasteiger partial charge is 0.421 e. The molecule has 2 amide bonds. The van der Waals surface area contributed by atoms with Crippen molar-refractivity contribution in [2.75, 3.05) is 18.1 Å². The van der Waals surface area contributed by atoms with Crippen molar-refractivity contribution < 1.29 is 33.0 Å². The van der Waals surface area contributed by atoms with E-state index in [0.29, 0.717) is 0 Å². The molecular formula is C22H20N2O8. The second kappa shape index (κ2) is 7.56. The van der Waals surface area contributed by atoms with Crippen LogP contribution in [0, 0.1) is 6.92 Å². The Morgan fingerprint density at radius 3 is 2.50 bits per heavy atom. The van der Waals surface area contributed by atoms with Gasteiger partial charge in [0.2, 0.25) is 5.88 Å². The molecule has 1 spiro atoms. The Morgan fingerprint density at radius 2 is 1.81 bits per heavy atom. The maximum absolute atomic E-state index is 14.0. The van der Waals surface area contributed by atoms with Gasteiger partial charge in [-0.15, -0.1) is 0 Å². The molecule has 32 heavy (non-hydrogen) atoms. The number of imide groups is 1. The Labute approximate surface area is 182 Å². The molecule has 2 aliphatic heterocycles. The van der Waals surface area contributed by atoms with Crippen LogP contribution in [-0.4, -0.2) is 31.2 Å². The van der Waals surface area contributed by atoms with Crippen molar-refractivity contribution in [1.29, 1.82) is 0 Å². The van der Waals surface area contributed by atoms with Gasteiger partial charge in [-0.3, -0.25) is 4.79 Å². The first kappa shape index (κ1) is 21.2. The number of para-hydroxylation sites is 1. The van der Waals surface area contributed by atoms with Crippen molar-refractivity contribution in [1.82, 2.24) is 0 Å². The lowest BCUT2D eigenvalue weighted by atomic mass is 9.69. The average Bonchev–Trinajstić information content (AvgIpc) is 2.96. The molecule has 1 aromatic heterocycles. The summed E-state index contributed by atoms with van der Waals surface area (Å²) < 4.78 is 21.0. The quantitative estimate of drug-likeness (QED) is 0.709. The highest BCUT2D eigenvalue weighted by Crippen LogP contribution is 2.54. The Morgan fingerprint density at radius 1 is 1.12 bits per heavy atom. The van der Waals surface area contributed by atoms with E-state index < -0.39 is 40.5 Å². The first-order valence-electron chi connectivity index (χ1n) is 9.90. The molecule has 10 nitrogen and oxygen atoms in total. The molecule has 2 aliphatic rings. The summed E-state index contributed by atoms with van der Waals surface area (Å²) in [5.41, 5.74) is 2.70. The van der Waals surface area contributed by atoms with E-state index in [2.05, 4.69) is 0 Å². The Balaban J connectivity index is 2.15. The zero-order valence-electron chi connectivity index (χ0n) is 17.6. The molecule has 0 saturated heterocycles. The molecule has 2 aromatic rings. The SMILES string of the molecule is CCOC(=O)C1=C(N)Oc2cc(C)oc(=O)c2C12C(=O)N(C(=O)OCC)c1ccccc12. The zero-order valence-corrected chi connectivity index (χ0v) is 17.6. The number of fused-ring (bicyclic) bond motifs is 4. The molecule has 4 rings (SSSR count). The molecule has 10 heteroatoms. The van der Waals surface area contributed by atoms with Gasteiger partial charge < -0.3 is 24.4 Å². The molecule has 0 saturated carbocycles. The van der Waals surface area contributed by atoms with Crippen LogP contribution in [0.25, 0.3) is 0 Å². The van der Waals surface area contributed by atoms with Gasteiger partial charge in [0.15, 0.2) is 5.41 Å². The summed E-state index contributed by atoms with van der Waals surface area (Å²) >= 11 is 0. The Hall–Kier alpha value is -4.08. The number of nitrogens with zero attached hydrogens (tertiary/aromatic N) is 1. The van der Waals surface area contributed by atoms with E-state index in [4.69, 9.17) is 24.4 Å². The highest BCUT2D eigenvalue weighted by Gasteiger charge is 2.64. The molecule has 166 valence electrons. The number of amides is 2. The number of carbonyl (C=O) groups is 3. The van der Waals surface area contributed by atoms with Crippen molar-refractivity contribution in [2.24, 2.45) is 5.73 Å². The summed E-state index contributed by atoms with van der Waals surface area (Å²) in [7, 11) is 0. The van der Waals surface area contributed by atoms with Crippen LogP contribution < -0.4 is 21.0 Å². The van der Waals surface area contributed by atoms with Crippen molar-refractivity contribution in [2.45, 2.75) is 26.2 Å². The van der Waals surface area contributed by atoms with E-state index >= 15 is 0 Å². The first-order chi connectivity index (χ1) is 15.3. The number of nitrogens with two attached hydrogens (primary N) is 1. The monoisotopic (exact) mass is 440 g/mol. The number of ether oxygens (including phenoxy) is 3. The van der Waals surface area contributed by atoms with Gasteiger partial charge in [0.25, 0.3) is 5.91 Å². The van der Waals surface area contributed by atoms with Gasteiger partial charge >= 0.3 is 17.7 Å². The standard InChI is InChI=1S/C22H20N2O8/c1-4-29-18(25)16-17(23)32-14-10-11(3)31-19(26)15(14)22(16)12-8-6-7-9-13(12)24(20(22)27)21(28)30-5-2/h6-10H,4-5,23H2,1-3H3. The summed E-state index contributed by atoms with van der Waals surface area (Å²) in [6.45, 7) is 4.66. The lowest BCUT2D eigenvalue weighted by Crippen LogP contribution is -2.52. The summed E-state index contributed by atoms with van der Waals surface area (Å²) in [5.74, 6) is -2.17. The molecule has 3 heterocycles. The summed E-state index contributed by atoms with van der Waals surface area (Å²) in [5, 5.41) is 0. The zero-order chi connectivity index (χ0) is 23.2. The highest BCUT2D eigenvalue weighted by atomic mass is 16.6. The number of hydrogen-bond acceptors (Lipinski definition) is 9. The van der Waals surface area contributed by atoms with Crippen LogP contribution in [0.5, 0.6) is 5.75 Å². The normalized spacial score (nSPS) is 18.8. The minimum absolute atomic E-state index is 0.00151. The van der Waals surface area contributed by atoms with Crippen molar-refractivity contribution >= 4 is 23.7 Å². The number of rotatable bonds is 3. The van der Waals surface area contributed by atoms with Gasteiger partial charge in [0, 0.05) is 11.6 Å². The van der Waals surface area contributed by atoms with Gasteiger partial charge in [-0.1, -0.05) is 18.2 Å². The average molecular weight is 440 g/mol. The van der Waals surface area contributed by atoms with Crippen LogP contribution in [-0.2, 0) is 24.5 Å². The van der Waals surface area contributed by atoms with E-state index in [-0.39, 0.29) is 41.5 Å². The van der Waals surface area contributed by atoms with Gasteiger partial charge in [-0.25, -0.2) is 19.3 Å². The van der Waals surface area contributed by atoms with Crippen LogP contribution in [0.1, 0.15) is 30.7 Å². The van der Waals surface area contributed by atoms with Gasteiger partial charge in [-0.2, -0.15) is 0 Å². The van der Waals surface area contributed by atoms with Crippen molar-refractivity contribution in [3.63, 3.8) is 0 Å². The molecule has 1 unspecified atom stereocenters. The van der Waals surface area contributed by atoms with Gasteiger partial charge in [0.05, 0.1) is 18.9 Å². The molecule has 0 bridgehead atoms. The lowest BCUT2D eigenvalue weighted by molar-refractivity contribution is -0.140. The topological polar surface area (TPSA) is 138 Å². The number of anilines is 1. The fraction of sp³-hybridized carbons (Fsp3) is 0.273. The number of aryl methyl sites for hydroxylation is 1. The van der Waals surface area contributed by atoms with Crippen LogP contribution >= 0.6 is 0 Å². The third kappa shape index (κ3) is 2.72. The third-order valence-corrected chi connectivity index (χ3v) is 5.26. The Kier molecular flexibility index (Phi) is 5.00. The highest BCUT2D eigenvalue weighted by molar-refractivity contribution is 6.26.